The van der Waals surface area contributed by atoms with Crippen LogP contribution in [0.3, 0.4) is 0 Å². The maximum Gasteiger partial charge on any atom is 0.327 e. The Morgan fingerprint density at radius 3 is 2.33 bits per heavy atom. The van der Waals surface area contributed by atoms with Crippen molar-refractivity contribution in [3.05, 3.63) is 54.2 Å². The summed E-state index contributed by atoms with van der Waals surface area (Å²) >= 11 is 3.97. The van der Waals surface area contributed by atoms with Crippen LogP contribution in [0.15, 0.2) is 48.0 Å². The molecule has 0 saturated carbocycles. The minimum absolute atomic E-state index is 0.0219. The van der Waals surface area contributed by atoms with Crippen LogP contribution < -0.4 is 33.2 Å². The van der Waals surface area contributed by atoms with Gasteiger partial charge in [0.25, 0.3) is 0 Å². The molecule has 3 rings (SSSR count). The van der Waals surface area contributed by atoms with E-state index >= 15 is 0 Å². The molecule has 1 aromatic carbocycles. The average Bonchev–Trinajstić information content (AvgIpc) is 3.62. The molecule has 16 heteroatoms. The molecule has 3 aromatic rings. The molecule has 0 aliphatic heterocycles. The maximum atomic E-state index is 13.5. The van der Waals surface area contributed by atoms with Gasteiger partial charge in [0.15, 0.2) is 5.96 Å². The Morgan fingerprint density at radius 1 is 0.976 bits per heavy atom. The molecule has 15 nitrogen and oxygen atoms in total. The first-order valence-corrected chi connectivity index (χ1v) is 13.8. The number of hydrogen-bond donors (Lipinski definition) is 10. The van der Waals surface area contributed by atoms with Crippen molar-refractivity contribution in [3.63, 3.8) is 0 Å². The number of nitrogens with zero attached hydrogens (tertiary/aromatic N) is 2. The molecule has 4 atom stereocenters. The number of nitrogens with two attached hydrogens (primary N) is 3. The third-order valence-corrected chi connectivity index (χ3v) is 6.80. The molecule has 0 spiro atoms. The summed E-state index contributed by atoms with van der Waals surface area (Å²) in [6.45, 7) is 0.175. The predicted octanol–water partition coefficient (Wildman–Crippen LogP) is -1.47. The molecule has 2 aromatic heterocycles. The zero-order chi connectivity index (χ0) is 30.6. The van der Waals surface area contributed by atoms with Gasteiger partial charge in [-0.3, -0.25) is 19.4 Å². The minimum atomic E-state index is -1.28. The molecule has 0 fully saturated rings. The standard InChI is InChI=1S/C26H36N10O5S/c27-17(8-14-10-32-18-5-2-1-4-16(14)18)22(37)35-20(9-15-11-30-13-33-15)24(39)34-19(6-3-7-31-26(28)29)23(38)36-21(12-42)25(40)41/h1-2,4-5,10-11,13,17,19-21,32,42H,3,6-9,12,27H2,(H,30,33)(H,34,39)(H,35,37)(H,36,38)(H,40,41)(H4,28,29,31). The van der Waals surface area contributed by atoms with E-state index in [-0.39, 0.29) is 37.5 Å². The summed E-state index contributed by atoms with van der Waals surface area (Å²) in [5.74, 6) is -3.57. The van der Waals surface area contributed by atoms with Crippen LogP contribution in [0.4, 0.5) is 0 Å². The van der Waals surface area contributed by atoms with Crippen LogP contribution in [0.2, 0.25) is 0 Å². The smallest absolute Gasteiger partial charge is 0.327 e. The van der Waals surface area contributed by atoms with Gasteiger partial charge in [0.05, 0.1) is 12.4 Å². The Morgan fingerprint density at radius 2 is 1.67 bits per heavy atom. The lowest BCUT2D eigenvalue weighted by atomic mass is 10.0. The lowest BCUT2D eigenvalue weighted by molar-refractivity contribution is -0.141. The zero-order valence-electron chi connectivity index (χ0n) is 22.7. The van der Waals surface area contributed by atoms with Crippen LogP contribution in [0.5, 0.6) is 0 Å². The number of aliphatic imine (C=N–C) groups is 1. The van der Waals surface area contributed by atoms with Crippen LogP contribution in [0, 0.1) is 0 Å². The fraction of sp³-hybridized carbons (Fsp3) is 0.385. The first-order chi connectivity index (χ1) is 20.1. The van der Waals surface area contributed by atoms with E-state index < -0.39 is 47.9 Å². The minimum Gasteiger partial charge on any atom is -0.480 e. The number of imidazole rings is 1. The largest absolute Gasteiger partial charge is 0.480 e. The SMILES string of the molecule is NC(N)=NCCCC(NC(=O)C(Cc1cnc[nH]1)NC(=O)C(N)Cc1c[nH]c2ccccc12)C(=O)NC(CS)C(=O)O. The summed E-state index contributed by atoms with van der Waals surface area (Å²) in [7, 11) is 0. The molecule has 226 valence electrons. The molecule has 12 N–H and O–H groups in total. The summed E-state index contributed by atoms with van der Waals surface area (Å²) in [6, 6.07) is 3.05. The van der Waals surface area contributed by atoms with Crippen LogP contribution in [0.25, 0.3) is 10.9 Å². The number of carbonyl (C=O) groups is 4. The Labute approximate surface area is 246 Å². The number of aromatic amines is 2. The van der Waals surface area contributed by atoms with E-state index in [0.717, 1.165) is 16.5 Å². The van der Waals surface area contributed by atoms with Gasteiger partial charge in [0.2, 0.25) is 17.7 Å². The number of hydrogen-bond acceptors (Lipinski definition) is 8. The second kappa shape index (κ2) is 15.4. The Balaban J connectivity index is 1.75. The van der Waals surface area contributed by atoms with Crippen LogP contribution in [0.1, 0.15) is 24.1 Å². The van der Waals surface area contributed by atoms with Gasteiger partial charge >= 0.3 is 5.97 Å². The van der Waals surface area contributed by atoms with Gasteiger partial charge in [-0.05, 0) is 30.9 Å². The molecule has 2 heterocycles. The van der Waals surface area contributed by atoms with Gasteiger partial charge in [-0.2, -0.15) is 12.6 Å². The number of guanidine groups is 1. The number of fused-ring (bicyclic) bond motifs is 1. The number of para-hydroxylation sites is 1. The average molecular weight is 601 g/mol. The van der Waals surface area contributed by atoms with E-state index in [0.29, 0.717) is 12.1 Å². The summed E-state index contributed by atoms with van der Waals surface area (Å²) in [4.78, 5) is 64.9. The number of thiol groups is 1. The molecule has 0 saturated heterocycles. The number of carboxylic acids is 1. The second-order valence-electron chi connectivity index (χ2n) is 9.60. The highest BCUT2D eigenvalue weighted by Gasteiger charge is 2.30. The lowest BCUT2D eigenvalue weighted by Crippen LogP contribution is -2.58. The Hall–Kier alpha value is -4.57. The van der Waals surface area contributed by atoms with Gasteiger partial charge in [-0.25, -0.2) is 9.78 Å². The number of benzene rings is 1. The van der Waals surface area contributed by atoms with E-state index in [2.05, 4.69) is 48.5 Å². The summed E-state index contributed by atoms with van der Waals surface area (Å²) < 4.78 is 0. The van der Waals surface area contributed by atoms with Crippen LogP contribution >= 0.6 is 12.6 Å². The number of H-pyrrole nitrogens is 2. The second-order valence-corrected chi connectivity index (χ2v) is 9.97. The summed E-state index contributed by atoms with van der Waals surface area (Å²) in [5.41, 5.74) is 19.3. The molecule has 0 bridgehead atoms. The normalized spacial score (nSPS) is 13.9. The zero-order valence-corrected chi connectivity index (χ0v) is 23.6. The van der Waals surface area contributed by atoms with Crippen molar-refractivity contribution in [2.75, 3.05) is 12.3 Å². The van der Waals surface area contributed by atoms with Crippen molar-refractivity contribution in [2.45, 2.75) is 49.9 Å². The van der Waals surface area contributed by atoms with E-state index in [1.165, 1.54) is 12.5 Å². The van der Waals surface area contributed by atoms with E-state index in [9.17, 15) is 24.3 Å². The van der Waals surface area contributed by atoms with Crippen molar-refractivity contribution >= 4 is 53.2 Å². The van der Waals surface area contributed by atoms with Gasteiger partial charge < -0.3 is 48.2 Å². The van der Waals surface area contributed by atoms with Crippen LogP contribution in [-0.4, -0.2) is 86.2 Å². The topological polar surface area (TPSA) is 259 Å². The maximum absolute atomic E-state index is 13.5. The molecule has 4 unspecified atom stereocenters. The third-order valence-electron chi connectivity index (χ3n) is 6.44. The number of rotatable bonds is 16. The molecule has 42 heavy (non-hydrogen) atoms. The Bertz CT molecular complexity index is 1390. The molecule has 0 radical (unpaired) electrons. The number of nitrogens with one attached hydrogen (secondary N) is 5. The van der Waals surface area contributed by atoms with E-state index in [1.54, 1.807) is 6.20 Å². The van der Waals surface area contributed by atoms with E-state index in [1.807, 2.05) is 24.3 Å². The van der Waals surface area contributed by atoms with Gasteiger partial charge in [-0.1, -0.05) is 18.2 Å². The number of aliphatic carboxylic acids is 1. The van der Waals surface area contributed by atoms with Gasteiger partial charge in [0.1, 0.15) is 18.1 Å². The first-order valence-electron chi connectivity index (χ1n) is 13.2. The van der Waals surface area contributed by atoms with Crippen molar-refractivity contribution in [1.82, 2.24) is 30.9 Å². The van der Waals surface area contributed by atoms with Crippen molar-refractivity contribution in [2.24, 2.45) is 22.2 Å². The molecular weight excluding hydrogens is 564 g/mol. The summed E-state index contributed by atoms with van der Waals surface area (Å²) in [5, 5.41) is 17.9. The predicted molar refractivity (Wildman–Crippen MR) is 159 cm³/mol. The van der Waals surface area contributed by atoms with Crippen molar-refractivity contribution < 1.29 is 24.3 Å². The fourth-order valence-corrected chi connectivity index (χ4v) is 4.48. The highest BCUT2D eigenvalue weighted by molar-refractivity contribution is 7.80. The monoisotopic (exact) mass is 600 g/mol. The molecular formula is C26H36N10O5S. The molecule has 0 aliphatic carbocycles. The van der Waals surface area contributed by atoms with Gasteiger partial charge in [0, 0.05) is 47.7 Å². The Kier molecular flexibility index (Phi) is 11.7. The third kappa shape index (κ3) is 9.24. The number of aromatic nitrogens is 3. The van der Waals surface area contributed by atoms with Crippen molar-refractivity contribution in [1.29, 1.82) is 0 Å². The number of carbonyl (C=O) groups excluding carboxylic acids is 3. The van der Waals surface area contributed by atoms with E-state index in [4.69, 9.17) is 17.2 Å². The molecule has 3 amide bonds. The highest BCUT2D eigenvalue weighted by atomic mass is 32.1. The number of amides is 3. The highest BCUT2D eigenvalue weighted by Crippen LogP contribution is 2.19. The quantitative estimate of drug-likeness (QED) is 0.0397. The fourth-order valence-electron chi connectivity index (χ4n) is 4.24. The molecule has 0 aliphatic rings. The van der Waals surface area contributed by atoms with Gasteiger partial charge in [-0.15, -0.1) is 0 Å². The summed E-state index contributed by atoms with van der Waals surface area (Å²) in [6.07, 6.45) is 5.33. The first kappa shape index (κ1) is 32.0. The van der Waals surface area contributed by atoms with Crippen molar-refractivity contribution in [3.8, 4) is 0 Å². The lowest BCUT2D eigenvalue weighted by Gasteiger charge is -2.25. The number of carboxylic acid groups (broad SMARTS) is 1. The van der Waals surface area contributed by atoms with Crippen LogP contribution in [-0.2, 0) is 32.0 Å².